The molecule has 29 heavy (non-hydrogen) atoms. The van der Waals surface area contributed by atoms with Gasteiger partial charge in [-0.1, -0.05) is 17.7 Å². The van der Waals surface area contributed by atoms with Gasteiger partial charge in [-0.15, -0.1) is 0 Å². The van der Waals surface area contributed by atoms with Crippen LogP contribution in [0.4, 0.5) is 13.2 Å². The maximum Gasteiger partial charge on any atom is 0.418 e. The van der Waals surface area contributed by atoms with Crippen molar-refractivity contribution in [1.82, 2.24) is 8.96 Å². The Balaban J connectivity index is 2.50. The molecule has 3 rings (SSSR count). The number of pyridine rings is 1. The highest BCUT2D eigenvalue weighted by molar-refractivity contribution is 7.90. The van der Waals surface area contributed by atoms with Crippen LogP contribution in [0.2, 0.25) is 0 Å². The summed E-state index contributed by atoms with van der Waals surface area (Å²) in [6, 6.07) is 6.41. The van der Waals surface area contributed by atoms with Crippen LogP contribution in [0.5, 0.6) is 5.88 Å². The van der Waals surface area contributed by atoms with E-state index in [1.165, 1.54) is 24.3 Å². The lowest BCUT2D eigenvalue weighted by atomic mass is 10.1. The molecular formula is C18H15F3N2O5S. The van der Waals surface area contributed by atoms with Gasteiger partial charge in [0.25, 0.3) is 10.0 Å². The molecule has 0 aliphatic carbocycles. The van der Waals surface area contributed by atoms with Crippen molar-refractivity contribution >= 4 is 26.9 Å². The van der Waals surface area contributed by atoms with Gasteiger partial charge >= 0.3 is 12.1 Å². The molecule has 154 valence electrons. The van der Waals surface area contributed by atoms with E-state index in [1.54, 1.807) is 6.92 Å². The number of alkyl halides is 3. The van der Waals surface area contributed by atoms with Gasteiger partial charge in [-0.2, -0.15) is 13.2 Å². The summed E-state index contributed by atoms with van der Waals surface area (Å²) < 4.78 is 77.1. The highest BCUT2D eigenvalue weighted by Crippen LogP contribution is 2.40. The SMILES string of the molecule is COC(=O)c1cc2c(C(F)(F)F)cnc(OC)c2n1S(=O)(=O)c1ccc(C)cc1. The number of carbonyl (C=O) groups excluding carboxylic acids is 1. The van der Waals surface area contributed by atoms with Crippen LogP contribution in [0.15, 0.2) is 41.4 Å². The van der Waals surface area contributed by atoms with Crippen LogP contribution in [0.1, 0.15) is 21.6 Å². The minimum absolute atomic E-state index is 0.231. The van der Waals surface area contributed by atoms with Crippen molar-refractivity contribution in [3.8, 4) is 5.88 Å². The summed E-state index contributed by atoms with van der Waals surface area (Å²) in [4.78, 5) is 15.6. The molecular weight excluding hydrogens is 413 g/mol. The smallest absolute Gasteiger partial charge is 0.418 e. The van der Waals surface area contributed by atoms with E-state index in [9.17, 15) is 26.4 Å². The van der Waals surface area contributed by atoms with Crippen molar-refractivity contribution < 1.29 is 35.9 Å². The van der Waals surface area contributed by atoms with E-state index in [0.717, 1.165) is 25.8 Å². The summed E-state index contributed by atoms with van der Waals surface area (Å²) in [5, 5.41) is -0.555. The largest absolute Gasteiger partial charge is 0.479 e. The zero-order valence-electron chi connectivity index (χ0n) is 15.4. The first-order valence-electron chi connectivity index (χ1n) is 8.08. The van der Waals surface area contributed by atoms with Gasteiger partial charge in [0.05, 0.1) is 24.7 Å². The fourth-order valence-electron chi connectivity index (χ4n) is 2.84. The number of nitrogens with zero attached hydrogens (tertiary/aromatic N) is 2. The van der Waals surface area contributed by atoms with Gasteiger partial charge in [-0.25, -0.2) is 22.2 Å². The normalized spacial score (nSPS) is 12.2. The average Bonchev–Trinajstić information content (AvgIpc) is 3.07. The molecule has 11 heteroatoms. The second-order valence-corrected chi connectivity index (χ2v) is 7.83. The van der Waals surface area contributed by atoms with Gasteiger partial charge in [-0.3, -0.25) is 0 Å². The number of rotatable bonds is 4. The molecule has 0 aliphatic rings. The molecule has 0 saturated heterocycles. The van der Waals surface area contributed by atoms with Crippen LogP contribution in [-0.4, -0.2) is 37.6 Å². The molecule has 0 N–H and O–H groups in total. The quantitative estimate of drug-likeness (QED) is 0.592. The molecule has 0 saturated carbocycles. The second kappa shape index (κ2) is 7.07. The van der Waals surface area contributed by atoms with Crippen LogP contribution >= 0.6 is 0 Å². The molecule has 3 aromatic rings. The maximum atomic E-state index is 13.5. The highest BCUT2D eigenvalue weighted by atomic mass is 32.2. The first-order valence-corrected chi connectivity index (χ1v) is 9.52. The Labute approximate surface area is 163 Å². The lowest BCUT2D eigenvalue weighted by molar-refractivity contribution is -0.136. The van der Waals surface area contributed by atoms with Gasteiger partial charge in [0.1, 0.15) is 11.2 Å². The monoisotopic (exact) mass is 428 g/mol. The van der Waals surface area contributed by atoms with E-state index in [2.05, 4.69) is 9.72 Å². The van der Waals surface area contributed by atoms with Gasteiger partial charge in [0.15, 0.2) is 0 Å². The average molecular weight is 428 g/mol. The Hall–Kier alpha value is -3.08. The third-order valence-corrected chi connectivity index (χ3v) is 5.94. The number of benzene rings is 1. The number of esters is 1. The molecule has 0 amide bonds. The van der Waals surface area contributed by atoms with Crippen LogP contribution in [-0.2, 0) is 20.9 Å². The molecule has 0 bridgehead atoms. The summed E-state index contributed by atoms with van der Waals surface area (Å²) in [5.74, 6) is -1.52. The molecule has 7 nitrogen and oxygen atoms in total. The van der Waals surface area contributed by atoms with E-state index in [-0.39, 0.29) is 10.8 Å². The van der Waals surface area contributed by atoms with E-state index in [1.807, 2.05) is 0 Å². The summed E-state index contributed by atoms with van der Waals surface area (Å²) in [6.07, 6.45) is -4.32. The number of fused-ring (bicyclic) bond motifs is 1. The van der Waals surface area contributed by atoms with Gasteiger partial charge in [0.2, 0.25) is 5.88 Å². The topological polar surface area (TPSA) is 87.5 Å². The summed E-state index contributed by atoms with van der Waals surface area (Å²) >= 11 is 0. The van der Waals surface area contributed by atoms with E-state index in [0.29, 0.717) is 10.2 Å². The molecule has 0 aliphatic heterocycles. The summed E-state index contributed by atoms with van der Waals surface area (Å²) in [6.45, 7) is 1.74. The van der Waals surface area contributed by atoms with Crippen molar-refractivity contribution in [3.05, 3.63) is 53.3 Å². The Bertz CT molecular complexity index is 1200. The zero-order chi connectivity index (χ0) is 21.6. The number of hydrogen-bond acceptors (Lipinski definition) is 6. The second-order valence-electron chi connectivity index (χ2n) is 6.04. The fourth-order valence-corrected chi connectivity index (χ4v) is 4.34. The van der Waals surface area contributed by atoms with Crippen molar-refractivity contribution in [2.75, 3.05) is 14.2 Å². The van der Waals surface area contributed by atoms with Crippen LogP contribution in [0, 0.1) is 6.92 Å². The number of carbonyl (C=O) groups is 1. The predicted octanol–water partition coefficient (Wildman–Crippen LogP) is 3.40. The Morgan fingerprint density at radius 2 is 1.76 bits per heavy atom. The van der Waals surface area contributed by atoms with Crippen molar-refractivity contribution in [1.29, 1.82) is 0 Å². The third kappa shape index (κ3) is 3.41. The predicted molar refractivity (Wildman–Crippen MR) is 96.4 cm³/mol. The standard InChI is InChI=1S/C18H15F3N2O5S/c1-10-4-6-11(7-5-10)29(25,26)23-14(17(24)28-3)8-12-13(18(19,20)21)9-22-16(27-2)15(12)23/h4-9H,1-3H3. The molecule has 0 atom stereocenters. The Morgan fingerprint density at radius 1 is 1.14 bits per heavy atom. The summed E-state index contributed by atoms with van der Waals surface area (Å²) in [7, 11) is -2.37. The molecule has 0 spiro atoms. The number of aryl methyl sites for hydroxylation is 1. The molecule has 1 aromatic carbocycles. The van der Waals surface area contributed by atoms with Crippen LogP contribution in [0.25, 0.3) is 10.9 Å². The first-order chi connectivity index (χ1) is 13.5. The number of ether oxygens (including phenoxy) is 2. The maximum absolute atomic E-state index is 13.5. The van der Waals surface area contributed by atoms with Crippen LogP contribution < -0.4 is 4.74 Å². The minimum Gasteiger partial charge on any atom is -0.479 e. The first kappa shape index (κ1) is 20.6. The van der Waals surface area contributed by atoms with Gasteiger partial charge in [0, 0.05) is 11.6 Å². The fraction of sp³-hybridized carbons (Fsp3) is 0.222. The van der Waals surface area contributed by atoms with Crippen LogP contribution in [0.3, 0.4) is 0 Å². The molecule has 0 fully saturated rings. The zero-order valence-corrected chi connectivity index (χ0v) is 16.3. The lowest BCUT2D eigenvalue weighted by Gasteiger charge is -2.14. The number of methoxy groups -OCH3 is 2. The molecule has 0 radical (unpaired) electrons. The Morgan fingerprint density at radius 3 is 2.28 bits per heavy atom. The van der Waals surface area contributed by atoms with Crippen molar-refractivity contribution in [2.45, 2.75) is 18.0 Å². The number of aromatic nitrogens is 2. The Kier molecular flexibility index (Phi) is 5.03. The summed E-state index contributed by atoms with van der Waals surface area (Å²) in [5.41, 5.74) is -1.56. The van der Waals surface area contributed by atoms with Gasteiger partial charge in [-0.05, 0) is 25.1 Å². The lowest BCUT2D eigenvalue weighted by Crippen LogP contribution is -2.19. The number of halogens is 3. The third-order valence-electron chi connectivity index (χ3n) is 4.21. The molecule has 2 heterocycles. The van der Waals surface area contributed by atoms with Crippen molar-refractivity contribution in [3.63, 3.8) is 0 Å². The highest BCUT2D eigenvalue weighted by Gasteiger charge is 2.38. The minimum atomic E-state index is -4.84. The van der Waals surface area contributed by atoms with Crippen molar-refractivity contribution in [2.24, 2.45) is 0 Å². The van der Waals surface area contributed by atoms with E-state index >= 15 is 0 Å². The molecule has 0 unspecified atom stereocenters. The number of hydrogen-bond donors (Lipinski definition) is 0. The van der Waals surface area contributed by atoms with Gasteiger partial charge < -0.3 is 9.47 Å². The van der Waals surface area contributed by atoms with E-state index < -0.39 is 44.3 Å². The van der Waals surface area contributed by atoms with E-state index in [4.69, 9.17) is 4.74 Å². The molecule has 2 aromatic heterocycles.